The Morgan fingerprint density at radius 1 is 0.970 bits per heavy atom. The van der Waals surface area contributed by atoms with E-state index in [0.29, 0.717) is 22.9 Å². The highest BCUT2D eigenvalue weighted by molar-refractivity contribution is 7.17. The summed E-state index contributed by atoms with van der Waals surface area (Å²) in [6.45, 7) is 9.67. The van der Waals surface area contributed by atoms with Gasteiger partial charge in [-0.2, -0.15) is 0 Å². The van der Waals surface area contributed by atoms with Crippen molar-refractivity contribution in [1.82, 2.24) is 0 Å². The molecule has 0 unspecified atom stereocenters. The number of ether oxygens (including phenoxy) is 3. The van der Waals surface area contributed by atoms with Crippen LogP contribution in [0.15, 0.2) is 54.6 Å². The van der Waals surface area contributed by atoms with Crippen LogP contribution >= 0.6 is 11.3 Å². The first-order chi connectivity index (χ1) is 15.8. The van der Waals surface area contributed by atoms with Gasteiger partial charge < -0.3 is 19.5 Å². The molecular formula is C26H29NO5S. The predicted octanol–water partition coefficient (Wildman–Crippen LogP) is 6.09. The first kappa shape index (κ1) is 24.3. The lowest BCUT2D eigenvalue weighted by molar-refractivity contribution is -0.122. The van der Waals surface area contributed by atoms with Crippen LogP contribution in [0.5, 0.6) is 11.5 Å². The topological polar surface area (TPSA) is 73.9 Å². The summed E-state index contributed by atoms with van der Waals surface area (Å²) in [5.41, 5.74) is 1.92. The van der Waals surface area contributed by atoms with Crippen molar-refractivity contribution >= 4 is 28.2 Å². The molecule has 1 heterocycles. The third kappa shape index (κ3) is 6.14. The maximum atomic E-state index is 13.1. The third-order valence-corrected chi connectivity index (χ3v) is 5.77. The molecule has 1 atom stereocenters. The zero-order valence-electron chi connectivity index (χ0n) is 19.5. The number of para-hydroxylation sites is 1. The molecule has 0 aliphatic carbocycles. The molecule has 0 bridgehead atoms. The van der Waals surface area contributed by atoms with Crippen molar-refractivity contribution in [3.63, 3.8) is 0 Å². The van der Waals surface area contributed by atoms with Gasteiger partial charge in [-0.25, -0.2) is 4.79 Å². The van der Waals surface area contributed by atoms with Gasteiger partial charge in [-0.05, 0) is 64.4 Å². The molecular weight excluding hydrogens is 438 g/mol. The smallest absolute Gasteiger partial charge is 0.342 e. The highest BCUT2D eigenvalue weighted by Crippen LogP contribution is 2.41. The average molecular weight is 468 g/mol. The molecule has 6 nitrogen and oxygen atoms in total. The number of thiophene rings is 1. The van der Waals surface area contributed by atoms with Crippen molar-refractivity contribution in [3.8, 4) is 22.6 Å². The molecule has 33 heavy (non-hydrogen) atoms. The molecule has 1 aromatic heterocycles. The Bertz CT molecular complexity index is 1090. The first-order valence-electron chi connectivity index (χ1n) is 10.9. The summed E-state index contributed by atoms with van der Waals surface area (Å²) in [6, 6.07) is 16.7. The van der Waals surface area contributed by atoms with Gasteiger partial charge >= 0.3 is 5.97 Å². The normalized spacial score (nSPS) is 11.7. The predicted molar refractivity (Wildman–Crippen MR) is 131 cm³/mol. The van der Waals surface area contributed by atoms with Crippen molar-refractivity contribution in [2.75, 3.05) is 11.9 Å². The van der Waals surface area contributed by atoms with E-state index >= 15 is 0 Å². The Balaban J connectivity index is 1.93. The van der Waals surface area contributed by atoms with E-state index in [0.717, 1.165) is 21.8 Å². The van der Waals surface area contributed by atoms with Crippen molar-refractivity contribution in [3.05, 3.63) is 65.0 Å². The zero-order valence-corrected chi connectivity index (χ0v) is 20.3. The average Bonchev–Trinajstić information content (AvgIpc) is 3.10. The molecule has 0 aliphatic heterocycles. The number of nitrogens with one attached hydrogen (secondary N) is 1. The van der Waals surface area contributed by atoms with Gasteiger partial charge in [-0.15, -0.1) is 11.3 Å². The number of amides is 1. The van der Waals surface area contributed by atoms with Crippen LogP contribution < -0.4 is 14.8 Å². The van der Waals surface area contributed by atoms with Crippen molar-refractivity contribution < 1.29 is 23.8 Å². The van der Waals surface area contributed by atoms with Gasteiger partial charge in [0.25, 0.3) is 5.91 Å². The van der Waals surface area contributed by atoms with E-state index in [2.05, 4.69) is 5.32 Å². The number of benzene rings is 2. The summed E-state index contributed by atoms with van der Waals surface area (Å²) in [7, 11) is 0. The van der Waals surface area contributed by atoms with Crippen LogP contribution in [-0.2, 0) is 9.53 Å². The highest BCUT2D eigenvalue weighted by Gasteiger charge is 2.27. The molecule has 1 N–H and O–H groups in total. The van der Waals surface area contributed by atoms with Crippen LogP contribution in [0.2, 0.25) is 0 Å². The van der Waals surface area contributed by atoms with Gasteiger partial charge in [0.1, 0.15) is 22.1 Å². The van der Waals surface area contributed by atoms with E-state index in [1.807, 2.05) is 56.3 Å². The fourth-order valence-electron chi connectivity index (χ4n) is 3.30. The molecule has 174 valence electrons. The lowest BCUT2D eigenvalue weighted by Crippen LogP contribution is -2.30. The van der Waals surface area contributed by atoms with Gasteiger partial charge in [0.2, 0.25) is 0 Å². The second-order valence-corrected chi connectivity index (χ2v) is 8.94. The molecule has 3 aromatic rings. The van der Waals surface area contributed by atoms with Crippen LogP contribution in [-0.4, -0.2) is 30.7 Å². The summed E-state index contributed by atoms with van der Waals surface area (Å²) in [5.74, 6) is 0.514. The standard InChI is InChI=1S/C26H29NO5S/c1-6-30-20-14-12-19(13-15-20)22-18(5)33-25(23(22)26(29)31-16(2)3)27-24(28)17(4)32-21-10-8-7-9-11-21/h7-17H,6H2,1-5H3,(H,27,28)/t17-/m1/s1. The van der Waals surface area contributed by atoms with Gasteiger partial charge in [0.05, 0.1) is 12.7 Å². The van der Waals surface area contributed by atoms with Crippen LogP contribution in [0.1, 0.15) is 42.9 Å². The van der Waals surface area contributed by atoms with E-state index in [1.165, 1.54) is 11.3 Å². The van der Waals surface area contributed by atoms with Crippen LogP contribution in [0.4, 0.5) is 5.00 Å². The number of carbonyl (C=O) groups excluding carboxylic acids is 2. The summed E-state index contributed by atoms with van der Waals surface area (Å²) in [5, 5.41) is 3.32. The third-order valence-electron chi connectivity index (χ3n) is 4.75. The number of rotatable bonds is 9. The fraction of sp³-hybridized carbons (Fsp3) is 0.308. The number of carbonyl (C=O) groups is 2. The van der Waals surface area contributed by atoms with Gasteiger partial charge in [-0.3, -0.25) is 4.79 Å². The van der Waals surface area contributed by atoms with E-state index in [-0.39, 0.29) is 12.0 Å². The van der Waals surface area contributed by atoms with Gasteiger partial charge in [0, 0.05) is 10.4 Å². The molecule has 0 aliphatic rings. The molecule has 0 fully saturated rings. The zero-order chi connectivity index (χ0) is 24.0. The van der Waals surface area contributed by atoms with Crippen molar-refractivity contribution in [2.45, 2.75) is 46.8 Å². The molecule has 0 radical (unpaired) electrons. The molecule has 7 heteroatoms. The fourth-order valence-corrected chi connectivity index (χ4v) is 4.37. The van der Waals surface area contributed by atoms with Crippen LogP contribution in [0.25, 0.3) is 11.1 Å². The van der Waals surface area contributed by atoms with Crippen molar-refractivity contribution in [2.24, 2.45) is 0 Å². The summed E-state index contributed by atoms with van der Waals surface area (Å²) in [6.07, 6.45) is -1.05. The maximum absolute atomic E-state index is 13.1. The number of esters is 1. The minimum absolute atomic E-state index is 0.297. The molecule has 0 saturated heterocycles. The number of hydrogen-bond acceptors (Lipinski definition) is 6. The quantitative estimate of drug-likeness (QED) is 0.385. The number of aryl methyl sites for hydroxylation is 1. The minimum atomic E-state index is -0.752. The Kier molecular flexibility index (Phi) is 8.11. The minimum Gasteiger partial charge on any atom is -0.494 e. The second kappa shape index (κ2) is 11.0. The van der Waals surface area contributed by atoms with E-state index < -0.39 is 12.1 Å². The molecule has 2 aromatic carbocycles. The van der Waals surface area contributed by atoms with Crippen molar-refractivity contribution in [1.29, 1.82) is 0 Å². The molecule has 0 spiro atoms. The number of anilines is 1. The van der Waals surface area contributed by atoms with E-state index in [1.54, 1.807) is 32.9 Å². The van der Waals surface area contributed by atoms with E-state index in [4.69, 9.17) is 14.2 Å². The molecule has 3 rings (SSSR count). The van der Waals surface area contributed by atoms with Crippen LogP contribution in [0.3, 0.4) is 0 Å². The summed E-state index contributed by atoms with van der Waals surface area (Å²) >= 11 is 1.34. The van der Waals surface area contributed by atoms with Crippen LogP contribution in [0, 0.1) is 6.92 Å². The van der Waals surface area contributed by atoms with Gasteiger partial charge in [0.15, 0.2) is 6.10 Å². The number of hydrogen-bond donors (Lipinski definition) is 1. The largest absolute Gasteiger partial charge is 0.494 e. The molecule has 0 saturated carbocycles. The van der Waals surface area contributed by atoms with Gasteiger partial charge in [-0.1, -0.05) is 30.3 Å². The maximum Gasteiger partial charge on any atom is 0.342 e. The Morgan fingerprint density at radius 3 is 2.24 bits per heavy atom. The summed E-state index contributed by atoms with van der Waals surface area (Å²) < 4.78 is 16.8. The monoisotopic (exact) mass is 467 g/mol. The Morgan fingerprint density at radius 2 is 1.64 bits per heavy atom. The SMILES string of the molecule is CCOc1ccc(-c2c(C)sc(NC(=O)[C@@H](C)Oc3ccccc3)c2C(=O)OC(C)C)cc1. The first-order valence-corrected chi connectivity index (χ1v) is 11.7. The van der Waals surface area contributed by atoms with E-state index in [9.17, 15) is 9.59 Å². The lowest BCUT2D eigenvalue weighted by Gasteiger charge is -2.15. The molecule has 1 amide bonds. The highest BCUT2D eigenvalue weighted by atomic mass is 32.1. The second-order valence-electron chi connectivity index (χ2n) is 7.71. The lowest BCUT2D eigenvalue weighted by atomic mass is 10.0. The summed E-state index contributed by atoms with van der Waals surface area (Å²) in [4.78, 5) is 26.9. The Labute approximate surface area is 198 Å². The Hall–Kier alpha value is -3.32.